The molecule has 0 aliphatic carbocycles. The Kier molecular flexibility index (Phi) is 5.28. The maximum absolute atomic E-state index is 12.0. The molecule has 0 spiro atoms. The number of nitrogens with one attached hydrogen (secondary N) is 2. The van der Waals surface area contributed by atoms with Crippen LogP contribution in [0.5, 0.6) is 5.75 Å². The van der Waals surface area contributed by atoms with E-state index in [1.807, 2.05) is 26.0 Å². The Morgan fingerprint density at radius 3 is 2.61 bits per heavy atom. The van der Waals surface area contributed by atoms with E-state index in [0.29, 0.717) is 16.3 Å². The number of nitrogens with zero attached hydrogens (tertiary/aromatic N) is 2. The minimum absolute atomic E-state index is 0.355. The van der Waals surface area contributed by atoms with Crippen molar-refractivity contribution in [1.82, 2.24) is 20.4 Å². The number of aromatic nitrogens is 2. The molecule has 0 radical (unpaired) electrons. The van der Waals surface area contributed by atoms with Crippen LogP contribution >= 0.6 is 11.5 Å². The van der Waals surface area contributed by atoms with Gasteiger partial charge >= 0.3 is 0 Å². The monoisotopic (exact) mass is 334 g/mol. The Hall–Kier alpha value is -2.48. The highest BCUT2D eigenvalue weighted by atomic mass is 32.1. The van der Waals surface area contributed by atoms with Crippen LogP contribution < -0.4 is 15.6 Å². The van der Waals surface area contributed by atoms with E-state index in [0.717, 1.165) is 22.7 Å². The molecule has 0 bridgehead atoms. The van der Waals surface area contributed by atoms with Crippen molar-refractivity contribution in [2.45, 2.75) is 33.8 Å². The third-order valence-electron chi connectivity index (χ3n) is 3.38. The zero-order chi connectivity index (χ0) is 17.0. The van der Waals surface area contributed by atoms with Gasteiger partial charge in [-0.05, 0) is 56.4 Å². The largest absolute Gasteiger partial charge is 0.481 e. The minimum atomic E-state index is -0.753. The Bertz CT molecular complexity index is 729. The predicted octanol–water partition coefficient (Wildman–Crippen LogP) is 1.69. The standard InChI is InChI=1S/C15H18N4O3S/c1-8-6-5-7-12(9(8)2)22-11(4)14(20)17-18-15(21)13-10(3)16-19-23-13/h5-7,11H,1-4H3,(H,17,20)(H,18,21)/t11-/m1/s1. The van der Waals surface area contributed by atoms with Crippen LogP contribution in [0.1, 0.15) is 33.4 Å². The summed E-state index contributed by atoms with van der Waals surface area (Å²) >= 11 is 0.968. The number of rotatable bonds is 4. The third-order valence-corrected chi connectivity index (χ3v) is 4.21. The Labute approximate surface area is 138 Å². The fraction of sp³-hybridized carbons (Fsp3) is 0.333. The summed E-state index contributed by atoms with van der Waals surface area (Å²) in [5.41, 5.74) is 7.24. The summed E-state index contributed by atoms with van der Waals surface area (Å²) in [6.45, 7) is 7.18. The summed E-state index contributed by atoms with van der Waals surface area (Å²) in [4.78, 5) is 24.3. The lowest BCUT2D eigenvalue weighted by Crippen LogP contribution is -2.47. The van der Waals surface area contributed by atoms with E-state index in [1.165, 1.54) is 0 Å². The summed E-state index contributed by atoms with van der Waals surface area (Å²) < 4.78 is 9.32. The molecule has 0 fully saturated rings. The molecule has 1 aromatic heterocycles. The topological polar surface area (TPSA) is 93.2 Å². The molecule has 1 heterocycles. The predicted molar refractivity (Wildman–Crippen MR) is 86.3 cm³/mol. The first kappa shape index (κ1) is 16.9. The van der Waals surface area contributed by atoms with Crippen molar-refractivity contribution in [2.24, 2.45) is 0 Å². The van der Waals surface area contributed by atoms with Gasteiger partial charge in [-0.15, -0.1) is 5.10 Å². The van der Waals surface area contributed by atoms with Gasteiger partial charge in [0.2, 0.25) is 0 Å². The first-order valence-corrected chi connectivity index (χ1v) is 7.79. The average Bonchev–Trinajstić information content (AvgIpc) is 2.95. The molecule has 7 nitrogen and oxygen atoms in total. The fourth-order valence-electron chi connectivity index (χ4n) is 1.81. The summed E-state index contributed by atoms with van der Waals surface area (Å²) in [5, 5.41) is 3.74. The van der Waals surface area contributed by atoms with Crippen LogP contribution in [-0.2, 0) is 4.79 Å². The van der Waals surface area contributed by atoms with E-state index < -0.39 is 17.9 Å². The van der Waals surface area contributed by atoms with Crippen molar-refractivity contribution in [3.05, 3.63) is 39.9 Å². The van der Waals surface area contributed by atoms with E-state index in [9.17, 15) is 9.59 Å². The van der Waals surface area contributed by atoms with Gasteiger partial charge in [-0.25, -0.2) is 0 Å². The van der Waals surface area contributed by atoms with Gasteiger partial charge in [-0.3, -0.25) is 20.4 Å². The zero-order valence-corrected chi connectivity index (χ0v) is 14.2. The lowest BCUT2D eigenvalue weighted by Gasteiger charge is -2.17. The quantitative estimate of drug-likeness (QED) is 0.830. The molecule has 2 amide bonds. The molecule has 2 N–H and O–H groups in total. The maximum Gasteiger partial charge on any atom is 0.283 e. The number of benzene rings is 1. The highest BCUT2D eigenvalue weighted by molar-refractivity contribution is 7.07. The van der Waals surface area contributed by atoms with Gasteiger partial charge in [0.15, 0.2) is 6.10 Å². The third kappa shape index (κ3) is 4.04. The van der Waals surface area contributed by atoms with Gasteiger partial charge in [0.25, 0.3) is 11.8 Å². The summed E-state index contributed by atoms with van der Waals surface area (Å²) in [6, 6.07) is 5.64. The second-order valence-electron chi connectivity index (χ2n) is 5.09. The molecule has 122 valence electrons. The maximum atomic E-state index is 12.0. The lowest BCUT2D eigenvalue weighted by molar-refractivity contribution is -0.128. The lowest BCUT2D eigenvalue weighted by atomic mass is 10.1. The first-order chi connectivity index (χ1) is 10.9. The van der Waals surface area contributed by atoms with Crippen LogP contribution in [0.3, 0.4) is 0 Å². The number of amides is 2. The number of aryl methyl sites for hydroxylation is 2. The molecule has 1 atom stereocenters. The number of ether oxygens (including phenoxy) is 1. The van der Waals surface area contributed by atoms with Crippen LogP contribution in [0.15, 0.2) is 18.2 Å². The highest BCUT2D eigenvalue weighted by Gasteiger charge is 2.18. The summed E-state index contributed by atoms with van der Waals surface area (Å²) in [6.07, 6.45) is -0.753. The SMILES string of the molecule is Cc1cccc(O[C@H](C)C(=O)NNC(=O)c2snnc2C)c1C. The molecule has 23 heavy (non-hydrogen) atoms. The highest BCUT2D eigenvalue weighted by Crippen LogP contribution is 2.21. The van der Waals surface area contributed by atoms with Gasteiger partial charge in [0.05, 0.1) is 5.69 Å². The van der Waals surface area contributed by atoms with Gasteiger partial charge in [-0.2, -0.15) is 0 Å². The minimum Gasteiger partial charge on any atom is -0.481 e. The van der Waals surface area contributed by atoms with Crippen LogP contribution in [0.4, 0.5) is 0 Å². The van der Waals surface area contributed by atoms with Crippen LogP contribution in [0, 0.1) is 20.8 Å². The van der Waals surface area contributed by atoms with Gasteiger partial charge in [-0.1, -0.05) is 16.6 Å². The Morgan fingerprint density at radius 1 is 1.22 bits per heavy atom. The number of hydrazine groups is 1. The second-order valence-corrected chi connectivity index (χ2v) is 5.84. The molecule has 0 aliphatic heterocycles. The molecule has 1 aromatic carbocycles. The Balaban J connectivity index is 1.91. The molecular weight excluding hydrogens is 316 g/mol. The normalized spacial score (nSPS) is 11.7. The van der Waals surface area contributed by atoms with Crippen LogP contribution in [0.25, 0.3) is 0 Å². The number of hydrogen-bond acceptors (Lipinski definition) is 6. The van der Waals surface area contributed by atoms with Crippen molar-refractivity contribution in [3.8, 4) is 5.75 Å². The van der Waals surface area contributed by atoms with Crippen molar-refractivity contribution < 1.29 is 14.3 Å². The van der Waals surface area contributed by atoms with Crippen molar-refractivity contribution in [2.75, 3.05) is 0 Å². The van der Waals surface area contributed by atoms with E-state index in [4.69, 9.17) is 4.74 Å². The van der Waals surface area contributed by atoms with Gasteiger partial charge in [0.1, 0.15) is 10.6 Å². The molecule has 8 heteroatoms. The number of carbonyl (C=O) groups excluding carboxylic acids is 2. The van der Waals surface area contributed by atoms with E-state index in [1.54, 1.807) is 19.9 Å². The average molecular weight is 334 g/mol. The van der Waals surface area contributed by atoms with Gasteiger partial charge in [0, 0.05) is 0 Å². The number of hydrogen-bond donors (Lipinski definition) is 2. The molecule has 2 rings (SSSR count). The first-order valence-electron chi connectivity index (χ1n) is 7.02. The number of carbonyl (C=O) groups is 2. The Morgan fingerprint density at radius 2 is 1.96 bits per heavy atom. The van der Waals surface area contributed by atoms with Crippen LogP contribution in [-0.4, -0.2) is 27.5 Å². The van der Waals surface area contributed by atoms with Crippen molar-refractivity contribution in [3.63, 3.8) is 0 Å². The van der Waals surface area contributed by atoms with Crippen molar-refractivity contribution >= 4 is 23.3 Å². The second kappa shape index (κ2) is 7.19. The molecule has 0 saturated heterocycles. The smallest absolute Gasteiger partial charge is 0.283 e. The zero-order valence-electron chi connectivity index (χ0n) is 13.3. The molecule has 2 aromatic rings. The van der Waals surface area contributed by atoms with Crippen molar-refractivity contribution in [1.29, 1.82) is 0 Å². The van der Waals surface area contributed by atoms with E-state index in [-0.39, 0.29) is 0 Å². The summed E-state index contributed by atoms with van der Waals surface area (Å²) in [5.74, 6) is -0.263. The molecule has 0 saturated carbocycles. The fourth-order valence-corrected chi connectivity index (χ4v) is 2.36. The van der Waals surface area contributed by atoms with E-state index in [2.05, 4.69) is 20.4 Å². The van der Waals surface area contributed by atoms with E-state index >= 15 is 0 Å². The van der Waals surface area contributed by atoms with Crippen LogP contribution in [0.2, 0.25) is 0 Å². The molecule has 0 unspecified atom stereocenters. The van der Waals surface area contributed by atoms with Gasteiger partial charge < -0.3 is 4.74 Å². The molecule has 0 aliphatic rings. The molecular formula is C15H18N4O3S. The summed E-state index contributed by atoms with van der Waals surface area (Å²) in [7, 11) is 0.